The number of rotatable bonds is 19. The summed E-state index contributed by atoms with van der Waals surface area (Å²) in [5.74, 6) is -2.80. The Morgan fingerprint density at radius 2 is 1.09 bits per heavy atom. The van der Waals surface area contributed by atoms with Gasteiger partial charge in [0.25, 0.3) is 0 Å². The molecule has 10 rings (SSSR count). The van der Waals surface area contributed by atoms with Gasteiger partial charge >= 0.3 is 35.9 Å². The Hall–Kier alpha value is -7.68. The van der Waals surface area contributed by atoms with Crippen molar-refractivity contribution in [2.45, 2.75) is 98.8 Å². The van der Waals surface area contributed by atoms with Gasteiger partial charge in [-0.05, 0) is 103 Å². The van der Waals surface area contributed by atoms with E-state index in [2.05, 4.69) is 30.4 Å². The average molecular weight is 1240 g/mol. The lowest BCUT2D eigenvalue weighted by Gasteiger charge is -2.46. The van der Waals surface area contributed by atoms with Crippen molar-refractivity contribution in [2.75, 3.05) is 91.8 Å². The van der Waals surface area contributed by atoms with Gasteiger partial charge < -0.3 is 49.9 Å². The van der Waals surface area contributed by atoms with Gasteiger partial charge in [0, 0.05) is 113 Å². The molecular formula is C61H76F2N12O10S2. The Labute approximate surface area is 512 Å². The van der Waals surface area contributed by atoms with Crippen molar-refractivity contribution >= 4 is 70.3 Å². The van der Waals surface area contributed by atoms with Crippen LogP contribution in [0.15, 0.2) is 92.1 Å². The van der Waals surface area contributed by atoms with E-state index < -0.39 is 63.7 Å². The molecule has 0 saturated carbocycles. The number of carboxylic acid groups (broad SMARTS) is 2. The fraction of sp³-hybridized carbons (Fsp3) is 0.508. The molecule has 4 atom stereocenters. The van der Waals surface area contributed by atoms with Crippen molar-refractivity contribution in [3.05, 3.63) is 126 Å². The molecule has 4 amide bonds. The van der Waals surface area contributed by atoms with Crippen LogP contribution < -0.4 is 10.6 Å². The largest absolute Gasteiger partial charge is 0.481 e. The van der Waals surface area contributed by atoms with Gasteiger partial charge in [0.2, 0.25) is 0 Å². The van der Waals surface area contributed by atoms with Crippen LogP contribution in [0, 0.1) is 36.3 Å². The Bertz CT molecular complexity index is 3450. The molecule has 0 aliphatic carbocycles. The first-order chi connectivity index (χ1) is 41.2. The van der Waals surface area contributed by atoms with E-state index in [1.54, 1.807) is 102 Å². The molecule has 4 unspecified atom stereocenters. The van der Waals surface area contributed by atoms with E-state index in [-0.39, 0.29) is 44.2 Å². The molecule has 6 aliphatic heterocycles. The molecule has 6 aliphatic rings. The van der Waals surface area contributed by atoms with Crippen LogP contribution in [-0.4, -0.2) is 200 Å². The van der Waals surface area contributed by atoms with E-state index in [0.717, 1.165) is 0 Å². The maximum atomic E-state index is 14.8. The molecule has 8 heterocycles. The number of aromatic nitrogens is 2. The number of nitrogens with one attached hydrogen (secondary N) is 2. The summed E-state index contributed by atoms with van der Waals surface area (Å²) in [4.78, 5) is 107. The number of aliphatic carboxylic acids is 2. The monoisotopic (exact) mass is 1240 g/mol. The Morgan fingerprint density at radius 1 is 0.655 bits per heavy atom. The lowest BCUT2D eigenvalue weighted by molar-refractivity contribution is -0.148. The number of piperazine rings is 2. The number of hydrogen-bond acceptors (Lipinski definition) is 18. The molecule has 0 spiro atoms. The van der Waals surface area contributed by atoms with E-state index >= 15 is 0 Å². The number of fused-ring (bicyclic) bond motifs is 2. The summed E-state index contributed by atoms with van der Waals surface area (Å²) in [6, 6.07) is 7.57. The van der Waals surface area contributed by atoms with Gasteiger partial charge in [0.15, 0.2) is 21.7 Å². The molecule has 0 radical (unpaired) electrons. The van der Waals surface area contributed by atoms with Crippen LogP contribution in [-0.2, 0) is 28.7 Å². The van der Waals surface area contributed by atoms with E-state index in [0.29, 0.717) is 138 Å². The third-order valence-electron chi connectivity index (χ3n) is 17.1. The minimum absolute atomic E-state index is 0.106. The Morgan fingerprint density at radius 3 is 1.52 bits per heavy atom. The number of amides is 4. The molecule has 26 heteroatoms. The van der Waals surface area contributed by atoms with Gasteiger partial charge in [-0.2, -0.15) is 0 Å². The summed E-state index contributed by atoms with van der Waals surface area (Å²) in [6.07, 6.45) is 4.02. The zero-order valence-electron chi connectivity index (χ0n) is 50.7. The maximum Gasteiger partial charge on any atom is 0.338 e. The molecule has 2 aromatic carbocycles. The van der Waals surface area contributed by atoms with Crippen LogP contribution in [0.2, 0.25) is 0 Å². The fourth-order valence-electron chi connectivity index (χ4n) is 12.4. The number of hydrogen-bond donors (Lipinski definition) is 4. The number of esters is 2. The first-order valence-corrected chi connectivity index (χ1v) is 30.9. The smallest absolute Gasteiger partial charge is 0.338 e. The number of halogens is 2. The van der Waals surface area contributed by atoms with Crippen molar-refractivity contribution in [1.82, 2.24) is 50.0 Å². The number of aliphatic imine (C=N–C) groups is 2. The second-order valence-electron chi connectivity index (χ2n) is 24.3. The van der Waals surface area contributed by atoms with Gasteiger partial charge in [0.05, 0.1) is 46.3 Å². The summed E-state index contributed by atoms with van der Waals surface area (Å²) in [7, 11) is 0. The summed E-state index contributed by atoms with van der Waals surface area (Å²) in [5.41, 5.74) is 0.450. The molecule has 4 saturated heterocycles. The van der Waals surface area contributed by atoms with Crippen molar-refractivity contribution in [1.29, 1.82) is 0 Å². The van der Waals surface area contributed by atoms with Crippen molar-refractivity contribution < 1.29 is 57.2 Å². The molecule has 4 fully saturated rings. The number of nitrogens with zero attached hydrogens (tertiary/aromatic N) is 10. The number of thiazole rings is 2. The predicted octanol–water partition coefficient (Wildman–Crippen LogP) is 7.23. The summed E-state index contributed by atoms with van der Waals surface area (Å²) < 4.78 is 40.5. The minimum atomic E-state index is -1.08. The normalized spacial score (nSPS) is 22.7. The Kier molecular flexibility index (Phi) is 18.8. The molecule has 466 valence electrons. The topological polar surface area (TPSA) is 255 Å². The zero-order valence-corrected chi connectivity index (χ0v) is 52.4. The third-order valence-corrected chi connectivity index (χ3v) is 18.6. The van der Waals surface area contributed by atoms with Gasteiger partial charge in [0.1, 0.15) is 23.7 Å². The minimum Gasteiger partial charge on any atom is -0.481 e. The number of carbonyl (C=O) groups excluding carboxylic acids is 4. The first-order valence-electron chi connectivity index (χ1n) is 29.1. The highest BCUT2D eigenvalue weighted by molar-refractivity contribution is 7.12. The van der Waals surface area contributed by atoms with Crippen LogP contribution in [0.3, 0.4) is 0 Å². The quantitative estimate of drug-likeness (QED) is 0.0675. The molecule has 4 aromatic rings. The lowest BCUT2D eigenvalue weighted by atomic mass is 9.89. The van der Waals surface area contributed by atoms with E-state index in [1.807, 2.05) is 34.4 Å². The highest BCUT2D eigenvalue weighted by atomic mass is 32.1. The van der Waals surface area contributed by atoms with E-state index in [9.17, 15) is 47.8 Å². The summed E-state index contributed by atoms with van der Waals surface area (Å²) >= 11 is 2.80. The standard InChI is InChI=1S/C31H39FN6O5S.C30H37FN6O5S/c1-6-31-17-36(12-13-38(31)29(42)37(18-31)16-30(4,5)28(40)41)15-22-23(27(39)43-7-2)24(20-9-8-10-21(32)19(20)3)35-25(34-22)26-33-11-14-44-26;1-6-42-26(38)22-21(33-24(25-32-10-13-43-25)34-23(22)19-8-7-9-20(31)18(19)2)14-35-11-12-37-28(41)36(17-30(37,5)16-35)15-29(3,4)27(39)40/h8-11,14,24H,6-7,12-13,15-18H2,1-5H3,(H,34,35)(H,40,41);7-10,13,23H,6,11-12,14-17H2,1-5H3,(H,33,34)(H,39,40). The van der Waals surface area contributed by atoms with Crippen LogP contribution >= 0.6 is 22.7 Å². The highest BCUT2D eigenvalue weighted by Crippen LogP contribution is 2.41. The van der Waals surface area contributed by atoms with Crippen LogP contribution in [0.4, 0.5) is 18.4 Å². The van der Waals surface area contributed by atoms with E-state index in [4.69, 9.17) is 19.5 Å². The average Bonchev–Trinajstić information content (AvgIpc) is 1.86. The second kappa shape index (κ2) is 25.6. The van der Waals surface area contributed by atoms with Gasteiger partial charge in [-0.3, -0.25) is 29.4 Å². The van der Waals surface area contributed by atoms with Gasteiger partial charge in [-0.15, -0.1) is 22.7 Å². The third kappa shape index (κ3) is 13.0. The fourth-order valence-corrected chi connectivity index (χ4v) is 13.5. The number of amidine groups is 2. The Balaban J connectivity index is 0.000000208. The number of ether oxygens (including phenoxy) is 2. The predicted molar refractivity (Wildman–Crippen MR) is 323 cm³/mol. The zero-order chi connectivity index (χ0) is 62.9. The maximum absolute atomic E-state index is 14.8. The van der Waals surface area contributed by atoms with Crippen molar-refractivity contribution in [2.24, 2.45) is 20.8 Å². The SMILES string of the molecule is CCOC(=O)C1=C(CN2CCN3C(=O)N(CC(C)(C)C(=O)O)CC3(C)C2)NC(c2nccs2)=NC1c1cccc(F)c1C.CCOC(=O)C1=C(CN2CCN3C(=O)N(CC(C)(C)C(=O)O)CC3(CC)C2)NC(c2nccs2)=NC1c1cccc(F)c1C. The first kappa shape index (κ1) is 63.8. The molecule has 22 nitrogen and oxygen atoms in total. The second-order valence-corrected chi connectivity index (χ2v) is 26.1. The number of carboxylic acids is 2. The van der Waals surface area contributed by atoms with Crippen molar-refractivity contribution in [3.63, 3.8) is 0 Å². The summed E-state index contributed by atoms with van der Waals surface area (Å²) in [5, 5.41) is 31.0. The number of benzene rings is 2. The molecule has 2 aromatic heterocycles. The van der Waals surface area contributed by atoms with Gasteiger partial charge in [-0.25, -0.2) is 37.9 Å². The van der Waals surface area contributed by atoms with Gasteiger partial charge in [-0.1, -0.05) is 31.2 Å². The molecule has 4 N–H and O–H groups in total. The van der Waals surface area contributed by atoms with Crippen LogP contribution in [0.1, 0.15) is 106 Å². The highest BCUT2D eigenvalue weighted by Gasteiger charge is 2.54. The molecule has 0 bridgehead atoms. The molecular weight excluding hydrogens is 1160 g/mol. The summed E-state index contributed by atoms with van der Waals surface area (Å²) in [6.45, 7) is 22.3. The molecule has 87 heavy (non-hydrogen) atoms. The number of urea groups is 2. The van der Waals surface area contributed by atoms with E-state index in [1.165, 1.54) is 34.8 Å². The van der Waals surface area contributed by atoms with Crippen molar-refractivity contribution in [3.8, 4) is 0 Å². The van der Waals surface area contributed by atoms with Crippen LogP contribution in [0.25, 0.3) is 0 Å². The lowest BCUT2D eigenvalue weighted by Crippen LogP contribution is -2.61. The number of carbonyl (C=O) groups is 6. The van der Waals surface area contributed by atoms with Crippen LogP contribution in [0.5, 0.6) is 0 Å².